The monoisotopic (exact) mass is 222 g/mol. The zero-order chi connectivity index (χ0) is 10.7. The topological polar surface area (TPSA) is 38.1 Å². The van der Waals surface area contributed by atoms with Crippen LogP contribution in [-0.2, 0) is 6.54 Å². The third-order valence-electron chi connectivity index (χ3n) is 1.98. The molecule has 0 aliphatic rings. The van der Waals surface area contributed by atoms with E-state index in [2.05, 4.69) is 29.5 Å². The molecular formula is C11H14N2OS. The Kier molecular flexibility index (Phi) is 3.18. The molecule has 0 aromatic carbocycles. The van der Waals surface area contributed by atoms with Gasteiger partial charge in [-0.25, -0.2) is 4.98 Å². The highest BCUT2D eigenvalue weighted by atomic mass is 32.1. The minimum Gasteiger partial charge on any atom is -0.462 e. The van der Waals surface area contributed by atoms with Gasteiger partial charge in [0.2, 0.25) is 0 Å². The van der Waals surface area contributed by atoms with Crippen molar-refractivity contribution in [1.82, 2.24) is 10.3 Å². The summed E-state index contributed by atoms with van der Waals surface area (Å²) >= 11 is 1.61. The predicted molar refractivity (Wildman–Crippen MR) is 61.8 cm³/mol. The quantitative estimate of drug-likeness (QED) is 0.864. The fourth-order valence-electron chi connectivity index (χ4n) is 1.21. The molecule has 0 fully saturated rings. The van der Waals surface area contributed by atoms with Crippen LogP contribution < -0.4 is 5.32 Å². The van der Waals surface area contributed by atoms with E-state index in [4.69, 9.17) is 4.42 Å². The molecule has 0 aliphatic heterocycles. The fourth-order valence-corrected chi connectivity index (χ4v) is 2.00. The number of hydrogen-bond donors (Lipinski definition) is 1. The maximum absolute atomic E-state index is 5.29. The largest absolute Gasteiger partial charge is 0.462 e. The third kappa shape index (κ3) is 2.67. The summed E-state index contributed by atoms with van der Waals surface area (Å²) in [4.78, 5) is 4.49. The summed E-state index contributed by atoms with van der Waals surface area (Å²) < 4.78 is 5.29. The number of rotatable bonds is 4. The van der Waals surface area contributed by atoms with Crippen molar-refractivity contribution in [1.29, 1.82) is 0 Å². The van der Waals surface area contributed by atoms with Gasteiger partial charge in [0.15, 0.2) is 10.8 Å². The van der Waals surface area contributed by atoms with E-state index in [1.807, 2.05) is 12.1 Å². The van der Waals surface area contributed by atoms with Crippen LogP contribution in [0.25, 0.3) is 10.8 Å². The van der Waals surface area contributed by atoms with Crippen molar-refractivity contribution in [3.8, 4) is 10.8 Å². The predicted octanol–water partition coefficient (Wildman–Crippen LogP) is 2.90. The molecule has 0 aliphatic carbocycles. The van der Waals surface area contributed by atoms with Gasteiger partial charge in [0.25, 0.3) is 0 Å². The Hall–Kier alpha value is -1.13. The summed E-state index contributed by atoms with van der Waals surface area (Å²) in [6, 6.07) is 4.29. The van der Waals surface area contributed by atoms with Gasteiger partial charge >= 0.3 is 0 Å². The number of aromatic nitrogens is 1. The van der Waals surface area contributed by atoms with Crippen LogP contribution in [0.3, 0.4) is 0 Å². The molecule has 15 heavy (non-hydrogen) atoms. The van der Waals surface area contributed by atoms with E-state index in [0.717, 1.165) is 23.0 Å². The van der Waals surface area contributed by atoms with Crippen LogP contribution in [0.2, 0.25) is 0 Å². The zero-order valence-corrected chi connectivity index (χ0v) is 9.67. The van der Waals surface area contributed by atoms with Gasteiger partial charge in [-0.05, 0) is 12.1 Å². The Morgan fingerprint density at radius 3 is 3.07 bits per heavy atom. The van der Waals surface area contributed by atoms with Gasteiger partial charge in [0.1, 0.15) is 0 Å². The van der Waals surface area contributed by atoms with E-state index in [9.17, 15) is 0 Å². The maximum Gasteiger partial charge on any atom is 0.162 e. The molecule has 2 aromatic rings. The highest BCUT2D eigenvalue weighted by Crippen LogP contribution is 2.23. The number of furan rings is 1. The minimum atomic E-state index is 0.485. The molecule has 2 heterocycles. The molecule has 0 radical (unpaired) electrons. The molecule has 0 bridgehead atoms. The first-order chi connectivity index (χ1) is 7.25. The molecule has 1 N–H and O–H groups in total. The molecule has 0 saturated heterocycles. The van der Waals surface area contributed by atoms with Gasteiger partial charge in [-0.2, -0.15) is 0 Å². The summed E-state index contributed by atoms with van der Waals surface area (Å²) in [6.07, 6.45) is 1.67. The number of hydrogen-bond acceptors (Lipinski definition) is 4. The first kappa shape index (κ1) is 10.4. The van der Waals surface area contributed by atoms with Gasteiger partial charge < -0.3 is 9.73 Å². The van der Waals surface area contributed by atoms with Crippen LogP contribution in [0, 0.1) is 0 Å². The molecule has 2 aromatic heterocycles. The molecule has 2 rings (SSSR count). The van der Waals surface area contributed by atoms with Crippen molar-refractivity contribution >= 4 is 11.3 Å². The minimum absolute atomic E-state index is 0.485. The lowest BCUT2D eigenvalue weighted by Crippen LogP contribution is -2.21. The van der Waals surface area contributed by atoms with Crippen LogP contribution >= 0.6 is 11.3 Å². The summed E-state index contributed by atoms with van der Waals surface area (Å²) in [6.45, 7) is 5.06. The standard InChI is InChI=1S/C11H14N2OS/c1-8(2)12-6-9-7-15-11(13-9)10-4-3-5-14-10/h3-5,7-8,12H,6H2,1-2H3. The van der Waals surface area contributed by atoms with E-state index in [1.165, 1.54) is 0 Å². The Bertz CT molecular complexity index is 406. The molecule has 0 saturated carbocycles. The van der Waals surface area contributed by atoms with Crippen molar-refractivity contribution in [3.63, 3.8) is 0 Å². The van der Waals surface area contributed by atoms with E-state index in [0.29, 0.717) is 6.04 Å². The molecule has 0 atom stereocenters. The summed E-state index contributed by atoms with van der Waals surface area (Å²) in [5.41, 5.74) is 1.07. The average molecular weight is 222 g/mol. The SMILES string of the molecule is CC(C)NCc1csc(-c2ccco2)n1. The van der Waals surface area contributed by atoms with Crippen LogP contribution in [0.4, 0.5) is 0 Å². The van der Waals surface area contributed by atoms with Crippen LogP contribution in [-0.4, -0.2) is 11.0 Å². The third-order valence-corrected chi connectivity index (χ3v) is 2.88. The zero-order valence-electron chi connectivity index (χ0n) is 8.86. The Labute approximate surface area is 93.2 Å². The summed E-state index contributed by atoms with van der Waals surface area (Å²) in [5.74, 6) is 0.843. The Morgan fingerprint density at radius 2 is 2.40 bits per heavy atom. The van der Waals surface area contributed by atoms with Crippen molar-refractivity contribution in [2.24, 2.45) is 0 Å². The normalized spacial score (nSPS) is 11.1. The lowest BCUT2D eigenvalue weighted by molar-refractivity contribution is 0.576. The molecule has 80 valence electrons. The lowest BCUT2D eigenvalue weighted by Gasteiger charge is -2.04. The molecule has 0 amide bonds. The second kappa shape index (κ2) is 4.59. The maximum atomic E-state index is 5.29. The van der Waals surface area contributed by atoms with Gasteiger partial charge in [0.05, 0.1) is 12.0 Å². The number of nitrogens with zero attached hydrogens (tertiary/aromatic N) is 1. The molecule has 0 spiro atoms. The van der Waals surface area contributed by atoms with Crippen molar-refractivity contribution in [3.05, 3.63) is 29.5 Å². The highest BCUT2D eigenvalue weighted by molar-refractivity contribution is 7.13. The van der Waals surface area contributed by atoms with Gasteiger partial charge in [-0.1, -0.05) is 13.8 Å². The van der Waals surface area contributed by atoms with E-state index < -0.39 is 0 Å². The fraction of sp³-hybridized carbons (Fsp3) is 0.364. The van der Waals surface area contributed by atoms with Crippen molar-refractivity contribution in [2.75, 3.05) is 0 Å². The molecular weight excluding hydrogens is 208 g/mol. The van der Waals surface area contributed by atoms with Crippen LogP contribution in [0.15, 0.2) is 28.2 Å². The van der Waals surface area contributed by atoms with Crippen LogP contribution in [0.5, 0.6) is 0 Å². The first-order valence-electron chi connectivity index (χ1n) is 4.97. The smallest absolute Gasteiger partial charge is 0.162 e. The van der Waals surface area contributed by atoms with Gasteiger partial charge in [-0.15, -0.1) is 11.3 Å². The highest BCUT2D eigenvalue weighted by Gasteiger charge is 2.06. The first-order valence-corrected chi connectivity index (χ1v) is 5.85. The number of nitrogens with one attached hydrogen (secondary N) is 1. The van der Waals surface area contributed by atoms with E-state index >= 15 is 0 Å². The van der Waals surface area contributed by atoms with Crippen molar-refractivity contribution in [2.45, 2.75) is 26.4 Å². The number of thiazole rings is 1. The van der Waals surface area contributed by atoms with Gasteiger partial charge in [0, 0.05) is 18.0 Å². The second-order valence-electron chi connectivity index (χ2n) is 3.66. The molecule has 3 nitrogen and oxygen atoms in total. The molecule has 4 heteroatoms. The van der Waals surface area contributed by atoms with E-state index in [1.54, 1.807) is 17.6 Å². The van der Waals surface area contributed by atoms with E-state index in [-0.39, 0.29) is 0 Å². The summed E-state index contributed by atoms with van der Waals surface area (Å²) in [7, 11) is 0. The average Bonchev–Trinajstić information content (AvgIpc) is 2.85. The molecule has 0 unspecified atom stereocenters. The van der Waals surface area contributed by atoms with Crippen LogP contribution in [0.1, 0.15) is 19.5 Å². The van der Waals surface area contributed by atoms with Gasteiger partial charge in [-0.3, -0.25) is 0 Å². The second-order valence-corrected chi connectivity index (χ2v) is 4.52. The Balaban J connectivity index is 2.04. The summed E-state index contributed by atoms with van der Waals surface area (Å²) in [5, 5.41) is 6.34. The Morgan fingerprint density at radius 1 is 1.53 bits per heavy atom. The lowest BCUT2D eigenvalue weighted by atomic mass is 10.3. The van der Waals surface area contributed by atoms with Crippen molar-refractivity contribution < 1.29 is 4.42 Å².